The zero-order valence-electron chi connectivity index (χ0n) is 12.0. The van der Waals surface area contributed by atoms with E-state index in [0.717, 1.165) is 0 Å². The quantitative estimate of drug-likeness (QED) is 0.792. The number of rotatable bonds is 3. The summed E-state index contributed by atoms with van der Waals surface area (Å²) in [5.74, 6) is 0.108. The maximum absolute atomic E-state index is 11.8. The van der Waals surface area contributed by atoms with E-state index in [-0.39, 0.29) is 11.4 Å². The van der Waals surface area contributed by atoms with Crippen LogP contribution in [0.4, 0.5) is 0 Å². The Balaban J connectivity index is 1.75. The van der Waals surface area contributed by atoms with Crippen molar-refractivity contribution in [2.24, 2.45) is 0 Å². The van der Waals surface area contributed by atoms with Crippen LogP contribution < -0.4 is 10.6 Å². The van der Waals surface area contributed by atoms with Crippen molar-refractivity contribution in [3.63, 3.8) is 0 Å². The fourth-order valence-electron chi connectivity index (χ4n) is 3.17. The lowest BCUT2D eigenvalue weighted by molar-refractivity contribution is -0.121. The van der Waals surface area contributed by atoms with Gasteiger partial charge in [-0.05, 0) is 46.6 Å². The van der Waals surface area contributed by atoms with Crippen LogP contribution in [-0.4, -0.2) is 48.1 Å². The zero-order valence-corrected chi connectivity index (χ0v) is 12.0. The van der Waals surface area contributed by atoms with Gasteiger partial charge in [-0.1, -0.05) is 6.42 Å². The van der Waals surface area contributed by atoms with Crippen LogP contribution in [0.2, 0.25) is 0 Å². The molecule has 1 amide bonds. The van der Waals surface area contributed by atoms with E-state index in [4.69, 9.17) is 0 Å². The van der Waals surface area contributed by atoms with Gasteiger partial charge in [0.2, 0.25) is 5.91 Å². The van der Waals surface area contributed by atoms with Crippen LogP contribution in [0.25, 0.3) is 0 Å². The molecule has 0 aliphatic carbocycles. The summed E-state index contributed by atoms with van der Waals surface area (Å²) in [5, 5.41) is 6.45. The van der Waals surface area contributed by atoms with Crippen molar-refractivity contribution in [3.05, 3.63) is 0 Å². The average Bonchev–Trinajstić information content (AvgIpc) is 2.67. The third-order valence-electron chi connectivity index (χ3n) is 3.90. The van der Waals surface area contributed by atoms with Gasteiger partial charge in [-0.15, -0.1) is 0 Å². The molecule has 0 aromatic carbocycles. The van der Waals surface area contributed by atoms with Crippen LogP contribution in [0.1, 0.15) is 46.5 Å². The summed E-state index contributed by atoms with van der Waals surface area (Å²) in [4.78, 5) is 14.4. The van der Waals surface area contributed by atoms with Crippen molar-refractivity contribution in [3.8, 4) is 0 Å². The topological polar surface area (TPSA) is 44.4 Å². The van der Waals surface area contributed by atoms with Crippen molar-refractivity contribution in [1.82, 2.24) is 15.5 Å². The van der Waals surface area contributed by atoms with Crippen LogP contribution in [0.3, 0.4) is 0 Å². The van der Waals surface area contributed by atoms with E-state index >= 15 is 0 Å². The Morgan fingerprint density at radius 1 is 1.22 bits per heavy atom. The highest BCUT2D eigenvalue weighted by Gasteiger charge is 2.35. The van der Waals surface area contributed by atoms with Gasteiger partial charge in [-0.3, -0.25) is 9.69 Å². The maximum atomic E-state index is 11.8. The van der Waals surface area contributed by atoms with E-state index < -0.39 is 0 Å². The fraction of sp³-hybridized carbons (Fsp3) is 0.929. The van der Waals surface area contributed by atoms with Crippen LogP contribution in [-0.2, 0) is 4.79 Å². The lowest BCUT2D eigenvalue weighted by atomic mass is 9.99. The van der Waals surface area contributed by atoms with Crippen LogP contribution >= 0.6 is 0 Å². The first-order chi connectivity index (χ1) is 8.46. The zero-order chi connectivity index (χ0) is 13.2. The minimum atomic E-state index is -0.134. The van der Waals surface area contributed by atoms with E-state index in [1.54, 1.807) is 0 Å². The molecule has 18 heavy (non-hydrogen) atoms. The summed E-state index contributed by atoms with van der Waals surface area (Å²) < 4.78 is 0. The van der Waals surface area contributed by atoms with Gasteiger partial charge in [0.25, 0.3) is 0 Å². The predicted molar refractivity (Wildman–Crippen MR) is 73.5 cm³/mol. The maximum Gasteiger partial charge on any atom is 0.234 e. The Morgan fingerprint density at radius 3 is 2.72 bits per heavy atom. The molecule has 2 saturated heterocycles. The van der Waals surface area contributed by atoms with E-state index in [1.807, 2.05) is 20.8 Å². The van der Waals surface area contributed by atoms with Crippen molar-refractivity contribution >= 4 is 5.91 Å². The van der Waals surface area contributed by atoms with Gasteiger partial charge in [0.05, 0.1) is 6.54 Å². The van der Waals surface area contributed by atoms with E-state index in [2.05, 4.69) is 15.5 Å². The number of fused-ring (bicyclic) bond motifs is 1. The third kappa shape index (κ3) is 3.69. The summed E-state index contributed by atoms with van der Waals surface area (Å²) in [7, 11) is 0. The van der Waals surface area contributed by atoms with Gasteiger partial charge in [-0.2, -0.15) is 0 Å². The molecule has 2 aliphatic heterocycles. The monoisotopic (exact) mass is 253 g/mol. The SMILES string of the molecule is CC(C)(C)NC(=O)CNC1CCN2CCCCC12. The number of amides is 1. The summed E-state index contributed by atoms with van der Waals surface area (Å²) in [5.41, 5.74) is -0.134. The number of carbonyl (C=O) groups is 1. The smallest absolute Gasteiger partial charge is 0.234 e. The van der Waals surface area contributed by atoms with Gasteiger partial charge in [0.15, 0.2) is 0 Å². The minimum absolute atomic E-state index is 0.108. The number of nitrogens with one attached hydrogen (secondary N) is 2. The van der Waals surface area contributed by atoms with E-state index in [1.165, 1.54) is 38.8 Å². The molecule has 104 valence electrons. The molecule has 0 radical (unpaired) electrons. The molecule has 2 unspecified atom stereocenters. The van der Waals surface area contributed by atoms with Gasteiger partial charge < -0.3 is 10.6 Å². The molecular weight excluding hydrogens is 226 g/mol. The van der Waals surface area contributed by atoms with Gasteiger partial charge in [0, 0.05) is 24.2 Å². The molecule has 0 saturated carbocycles. The third-order valence-corrected chi connectivity index (χ3v) is 3.90. The first-order valence-electron chi connectivity index (χ1n) is 7.24. The molecule has 0 spiro atoms. The Morgan fingerprint density at radius 2 is 2.00 bits per heavy atom. The number of piperidine rings is 1. The molecule has 4 nitrogen and oxygen atoms in total. The first-order valence-corrected chi connectivity index (χ1v) is 7.24. The van der Waals surface area contributed by atoms with Crippen LogP contribution in [0, 0.1) is 0 Å². The van der Waals surface area contributed by atoms with Crippen molar-refractivity contribution in [2.45, 2.75) is 64.1 Å². The van der Waals surface area contributed by atoms with Crippen molar-refractivity contribution in [2.75, 3.05) is 19.6 Å². The Kier molecular flexibility index (Phi) is 4.28. The standard InChI is InChI=1S/C14H27N3O/c1-14(2,3)16-13(18)10-15-11-7-9-17-8-5-4-6-12(11)17/h11-12,15H,4-10H2,1-3H3,(H,16,18). The van der Waals surface area contributed by atoms with Gasteiger partial charge in [0.1, 0.15) is 0 Å². The Hall–Kier alpha value is -0.610. The molecule has 4 heteroatoms. The molecule has 2 N–H and O–H groups in total. The molecule has 2 heterocycles. The Labute approximate surface area is 110 Å². The first kappa shape index (κ1) is 13.8. The van der Waals surface area contributed by atoms with Crippen molar-refractivity contribution < 1.29 is 4.79 Å². The number of nitrogens with zero attached hydrogens (tertiary/aromatic N) is 1. The second-order valence-electron chi connectivity index (χ2n) is 6.67. The molecule has 0 aromatic heterocycles. The molecule has 2 fully saturated rings. The highest BCUT2D eigenvalue weighted by Crippen LogP contribution is 2.26. The minimum Gasteiger partial charge on any atom is -0.350 e. The highest BCUT2D eigenvalue weighted by atomic mass is 16.2. The second kappa shape index (κ2) is 5.57. The Bertz CT molecular complexity index is 298. The lowest BCUT2D eigenvalue weighted by Crippen LogP contribution is -2.50. The van der Waals surface area contributed by atoms with Gasteiger partial charge >= 0.3 is 0 Å². The largest absolute Gasteiger partial charge is 0.350 e. The normalized spacial score (nSPS) is 29.1. The molecule has 2 aliphatic rings. The van der Waals surface area contributed by atoms with Crippen LogP contribution in [0.15, 0.2) is 0 Å². The number of carbonyl (C=O) groups excluding carboxylic acids is 1. The van der Waals surface area contributed by atoms with E-state index in [9.17, 15) is 4.79 Å². The summed E-state index contributed by atoms with van der Waals surface area (Å²) in [6.07, 6.45) is 5.16. The predicted octanol–water partition coefficient (Wildman–Crippen LogP) is 1.12. The summed E-state index contributed by atoms with van der Waals surface area (Å²) in [6.45, 7) is 8.95. The summed E-state index contributed by atoms with van der Waals surface area (Å²) in [6, 6.07) is 1.18. The van der Waals surface area contributed by atoms with Crippen LogP contribution in [0.5, 0.6) is 0 Å². The van der Waals surface area contributed by atoms with Crippen molar-refractivity contribution in [1.29, 1.82) is 0 Å². The lowest BCUT2D eigenvalue weighted by Gasteiger charge is -2.32. The fourth-order valence-corrected chi connectivity index (χ4v) is 3.17. The molecule has 0 aromatic rings. The average molecular weight is 253 g/mol. The number of hydrogen-bond acceptors (Lipinski definition) is 3. The molecule has 2 rings (SSSR count). The molecular formula is C14H27N3O. The van der Waals surface area contributed by atoms with Gasteiger partial charge in [-0.25, -0.2) is 0 Å². The molecule has 0 bridgehead atoms. The summed E-state index contributed by atoms with van der Waals surface area (Å²) >= 11 is 0. The number of hydrogen-bond donors (Lipinski definition) is 2. The molecule has 2 atom stereocenters. The highest BCUT2D eigenvalue weighted by molar-refractivity contribution is 5.78. The second-order valence-corrected chi connectivity index (χ2v) is 6.67. The van der Waals surface area contributed by atoms with E-state index in [0.29, 0.717) is 18.6 Å².